The van der Waals surface area contributed by atoms with Gasteiger partial charge in [-0.25, -0.2) is 9.52 Å². The minimum Gasteiger partial charge on any atom is -0.444 e. The topological polar surface area (TPSA) is 121 Å². The number of aromatic nitrogens is 1. The summed E-state index contributed by atoms with van der Waals surface area (Å²) < 4.78 is 36.0. The molecule has 2 saturated heterocycles. The maximum absolute atomic E-state index is 14.5. The zero-order valence-electron chi connectivity index (χ0n) is 28.9. The third-order valence-electron chi connectivity index (χ3n) is 10.4. The first kappa shape index (κ1) is 33.3. The number of rotatable bonds is 5. The first-order valence-electron chi connectivity index (χ1n) is 17.2. The molecule has 2 aromatic carbocycles. The van der Waals surface area contributed by atoms with Crippen LogP contribution in [0.5, 0.6) is 0 Å². The molecule has 12 heteroatoms. The van der Waals surface area contributed by atoms with Gasteiger partial charge in [0.15, 0.2) is 0 Å². The summed E-state index contributed by atoms with van der Waals surface area (Å²) in [6.07, 6.45) is 7.97. The lowest BCUT2D eigenvalue weighted by atomic mass is 9.81. The van der Waals surface area contributed by atoms with Gasteiger partial charge in [0.2, 0.25) is 0 Å². The molecule has 2 bridgehead atoms. The van der Waals surface area contributed by atoms with Gasteiger partial charge in [-0.05, 0) is 75.3 Å². The number of hydrogen-bond acceptors (Lipinski definition) is 6. The van der Waals surface area contributed by atoms with Crippen molar-refractivity contribution in [1.29, 1.82) is 0 Å². The fourth-order valence-corrected chi connectivity index (χ4v) is 8.59. The molecule has 49 heavy (non-hydrogen) atoms. The van der Waals surface area contributed by atoms with Crippen LogP contribution in [0.25, 0.3) is 28.2 Å². The average molecular weight is 688 g/mol. The minimum absolute atomic E-state index is 0.0639. The van der Waals surface area contributed by atoms with Crippen LogP contribution in [0.2, 0.25) is 0 Å². The third kappa shape index (κ3) is 6.14. The molecule has 4 heterocycles. The van der Waals surface area contributed by atoms with E-state index in [9.17, 15) is 22.8 Å². The van der Waals surface area contributed by atoms with E-state index in [0.29, 0.717) is 31.0 Å². The fraction of sp³-hybridized carbons (Fsp3) is 0.486. The van der Waals surface area contributed by atoms with Crippen molar-refractivity contribution in [3.05, 3.63) is 64.7 Å². The predicted octanol–water partition coefficient (Wildman–Crippen LogP) is 5.51. The van der Waals surface area contributed by atoms with Gasteiger partial charge in [0.1, 0.15) is 5.60 Å². The van der Waals surface area contributed by atoms with Gasteiger partial charge in [-0.3, -0.25) is 9.59 Å². The third-order valence-corrected chi connectivity index (χ3v) is 11.8. The van der Waals surface area contributed by atoms with E-state index in [0.717, 1.165) is 57.7 Å². The second-order valence-corrected chi connectivity index (χ2v) is 16.9. The number of hydrogen-bond donors (Lipinski definition) is 1. The Bertz CT molecular complexity index is 1990. The van der Waals surface area contributed by atoms with E-state index >= 15 is 0 Å². The molecule has 1 aliphatic carbocycles. The number of piperazine rings is 1. The van der Waals surface area contributed by atoms with Gasteiger partial charge >= 0.3 is 16.3 Å². The number of carbonyl (C=O) groups excluding carboxylic acids is 3. The van der Waals surface area contributed by atoms with Crippen LogP contribution in [0.4, 0.5) is 4.79 Å². The van der Waals surface area contributed by atoms with Gasteiger partial charge in [-0.15, -0.1) is 0 Å². The Balaban J connectivity index is 1.29. The Labute approximate surface area is 288 Å². The van der Waals surface area contributed by atoms with Gasteiger partial charge < -0.3 is 19.1 Å². The highest BCUT2D eigenvalue weighted by Crippen LogP contribution is 2.47. The Hall–Kier alpha value is -4.16. The molecule has 3 aromatic rings. The van der Waals surface area contributed by atoms with Gasteiger partial charge in [0.05, 0.1) is 24.3 Å². The predicted molar refractivity (Wildman–Crippen MR) is 188 cm³/mol. The smallest absolute Gasteiger partial charge is 0.410 e. The van der Waals surface area contributed by atoms with Crippen LogP contribution < -0.4 is 4.72 Å². The zero-order valence-corrected chi connectivity index (χ0v) is 29.7. The molecular formula is C37H45N5O6S. The first-order chi connectivity index (χ1) is 23.2. The van der Waals surface area contributed by atoms with E-state index in [1.165, 1.54) is 26.1 Å². The second kappa shape index (κ2) is 12.3. The summed E-state index contributed by atoms with van der Waals surface area (Å²) in [5.74, 6) is -0.459. The van der Waals surface area contributed by atoms with Gasteiger partial charge in [0, 0.05) is 54.8 Å². The molecule has 0 radical (unpaired) electrons. The number of benzene rings is 2. The van der Waals surface area contributed by atoms with E-state index in [2.05, 4.69) is 15.4 Å². The first-order valence-corrected chi connectivity index (χ1v) is 18.7. The number of amides is 3. The van der Waals surface area contributed by atoms with Crippen molar-refractivity contribution in [3.8, 4) is 11.3 Å². The Morgan fingerprint density at radius 2 is 1.63 bits per heavy atom. The van der Waals surface area contributed by atoms with Crippen LogP contribution in [0, 0.1) is 0 Å². The fourth-order valence-electron chi connectivity index (χ4n) is 8.06. The molecule has 3 fully saturated rings. The highest BCUT2D eigenvalue weighted by atomic mass is 32.2. The molecule has 1 aromatic heterocycles. The lowest BCUT2D eigenvalue weighted by Gasteiger charge is -2.35. The molecule has 3 amide bonds. The quantitative estimate of drug-likeness (QED) is 0.378. The second-order valence-electron chi connectivity index (χ2n) is 15.0. The van der Waals surface area contributed by atoms with Crippen LogP contribution in [-0.4, -0.2) is 89.9 Å². The summed E-state index contributed by atoms with van der Waals surface area (Å²) in [4.78, 5) is 44.3. The summed E-state index contributed by atoms with van der Waals surface area (Å²) in [5, 5.41) is 1.02. The van der Waals surface area contributed by atoms with Crippen LogP contribution >= 0.6 is 0 Å². The number of carbonyl (C=O) groups is 3. The average Bonchev–Trinajstić information content (AvgIpc) is 3.72. The molecule has 2 atom stereocenters. The standard InChI is InChI=1S/C37H45N5O6S/c1-37(2,3)48-36(45)41-22-27-19-28(41)21-40(27)35(44)26-17-24-13-9-10-14-29(24)33-32(23-11-7-6-8-12-23)30-16-15-25(18-31(30)42(33)20-26)34(43)38-49(46,47)39(4)5/h9-10,13-18,23,27-28H,6-8,11-12,19-22H2,1-5H3,(H,38,43)/t27-,28-/m1/s1. The summed E-state index contributed by atoms with van der Waals surface area (Å²) >= 11 is 0. The summed E-state index contributed by atoms with van der Waals surface area (Å²) in [6.45, 7) is 6.73. The van der Waals surface area contributed by atoms with Crippen molar-refractivity contribution < 1.29 is 27.5 Å². The van der Waals surface area contributed by atoms with Crippen LogP contribution in [-0.2, 0) is 26.3 Å². The van der Waals surface area contributed by atoms with Crippen LogP contribution in [0.15, 0.2) is 48.0 Å². The number of ether oxygens (including phenoxy) is 1. The van der Waals surface area contributed by atoms with E-state index < -0.39 is 21.7 Å². The van der Waals surface area contributed by atoms with E-state index in [-0.39, 0.29) is 36.2 Å². The van der Waals surface area contributed by atoms with Crippen LogP contribution in [0.3, 0.4) is 0 Å². The summed E-state index contributed by atoms with van der Waals surface area (Å²) in [7, 11) is -1.26. The van der Waals surface area contributed by atoms with E-state index in [4.69, 9.17) is 4.74 Å². The maximum atomic E-state index is 14.5. The monoisotopic (exact) mass is 687 g/mol. The molecule has 260 valence electrons. The normalized spacial score (nSPS) is 21.0. The number of nitrogens with one attached hydrogen (secondary N) is 1. The largest absolute Gasteiger partial charge is 0.444 e. The number of nitrogens with zero attached hydrogens (tertiary/aromatic N) is 4. The molecule has 3 aliphatic heterocycles. The lowest BCUT2D eigenvalue weighted by Crippen LogP contribution is -2.52. The van der Waals surface area contributed by atoms with Crippen molar-refractivity contribution in [2.45, 2.75) is 89.4 Å². The van der Waals surface area contributed by atoms with Crippen molar-refractivity contribution in [2.75, 3.05) is 27.2 Å². The molecule has 1 N–H and O–H groups in total. The van der Waals surface area contributed by atoms with Crippen molar-refractivity contribution in [3.63, 3.8) is 0 Å². The van der Waals surface area contributed by atoms with Crippen LogP contribution in [0.1, 0.15) is 86.7 Å². The van der Waals surface area contributed by atoms with Crippen molar-refractivity contribution in [1.82, 2.24) is 23.4 Å². The number of fused-ring (bicyclic) bond motifs is 7. The maximum Gasteiger partial charge on any atom is 0.410 e. The van der Waals surface area contributed by atoms with Crippen molar-refractivity contribution in [2.24, 2.45) is 0 Å². The Kier molecular flexibility index (Phi) is 8.38. The van der Waals surface area contributed by atoms with E-state index in [1.807, 2.05) is 56.0 Å². The lowest BCUT2D eigenvalue weighted by molar-refractivity contribution is -0.129. The summed E-state index contributed by atoms with van der Waals surface area (Å²) in [5.41, 5.74) is 5.31. The SMILES string of the molecule is CN(C)S(=O)(=O)NC(=O)c1ccc2c(C3CCCCC3)c3n(c2c1)CC(C(=O)N1C[C@H]2C[C@@H]1CN2C(=O)OC(C)(C)C)=Cc1ccccc1-3. The Morgan fingerprint density at radius 3 is 2.31 bits per heavy atom. The summed E-state index contributed by atoms with van der Waals surface area (Å²) in [6, 6.07) is 13.4. The minimum atomic E-state index is -3.99. The van der Waals surface area contributed by atoms with Gasteiger partial charge in [-0.2, -0.15) is 12.7 Å². The molecule has 0 unspecified atom stereocenters. The number of likely N-dealkylation sites (tertiary alicyclic amines) is 2. The molecule has 1 saturated carbocycles. The Morgan fingerprint density at radius 1 is 0.939 bits per heavy atom. The van der Waals surface area contributed by atoms with Crippen molar-refractivity contribution >= 4 is 45.1 Å². The molecule has 7 rings (SSSR count). The highest BCUT2D eigenvalue weighted by molar-refractivity contribution is 7.87. The van der Waals surface area contributed by atoms with Gasteiger partial charge in [0.25, 0.3) is 11.8 Å². The molecular weight excluding hydrogens is 643 g/mol. The molecule has 11 nitrogen and oxygen atoms in total. The molecule has 4 aliphatic rings. The zero-order chi connectivity index (χ0) is 34.8. The van der Waals surface area contributed by atoms with E-state index in [1.54, 1.807) is 17.0 Å². The van der Waals surface area contributed by atoms with Gasteiger partial charge in [-0.1, -0.05) is 49.6 Å². The highest BCUT2D eigenvalue weighted by Gasteiger charge is 2.49. The molecule has 0 spiro atoms.